The van der Waals surface area contributed by atoms with E-state index in [2.05, 4.69) is 85.8 Å². The highest BCUT2D eigenvalue weighted by Crippen LogP contribution is 2.35. The van der Waals surface area contributed by atoms with Crippen LogP contribution in [-0.2, 0) is 6.42 Å². The molecule has 0 amide bonds. The molecule has 5 rings (SSSR count). The smallest absolute Gasteiger partial charge is 0.0345 e. The van der Waals surface area contributed by atoms with E-state index in [4.69, 9.17) is 0 Å². The van der Waals surface area contributed by atoms with Gasteiger partial charge in [-0.25, -0.2) is 0 Å². The van der Waals surface area contributed by atoms with Crippen molar-refractivity contribution in [3.8, 4) is 10.4 Å². The molecule has 0 bridgehead atoms. The number of aryl methyl sites for hydroxylation is 1. The first-order valence-corrected chi connectivity index (χ1v) is 14.6. The molecule has 35 heavy (non-hydrogen) atoms. The van der Waals surface area contributed by atoms with Crippen LogP contribution in [0.15, 0.2) is 78.9 Å². The summed E-state index contributed by atoms with van der Waals surface area (Å²) in [5, 5.41) is 8.02. The van der Waals surface area contributed by atoms with Gasteiger partial charge in [0.15, 0.2) is 0 Å². The number of rotatable bonds is 12. The molecule has 0 N–H and O–H groups in total. The van der Waals surface area contributed by atoms with Gasteiger partial charge in [-0.3, -0.25) is 0 Å². The van der Waals surface area contributed by atoms with Crippen molar-refractivity contribution in [1.29, 1.82) is 0 Å². The van der Waals surface area contributed by atoms with E-state index < -0.39 is 0 Å². The molecular weight excluding hydrogens is 440 g/mol. The molecule has 0 saturated carbocycles. The van der Waals surface area contributed by atoms with E-state index in [9.17, 15) is 0 Å². The summed E-state index contributed by atoms with van der Waals surface area (Å²) in [7, 11) is 0. The first kappa shape index (κ1) is 24.1. The van der Waals surface area contributed by atoms with Crippen LogP contribution in [0.4, 0.5) is 0 Å². The Morgan fingerprint density at radius 1 is 0.514 bits per heavy atom. The molecular formula is C34H38S. The SMILES string of the molecule is CCCCCCCCCCCCc1ccc(-c2ccc3c(ccc4c5ccccc5ccc34)c2)s1. The molecule has 0 saturated heterocycles. The third-order valence-electron chi connectivity index (χ3n) is 7.46. The van der Waals surface area contributed by atoms with Crippen LogP contribution < -0.4 is 0 Å². The fourth-order valence-corrected chi connectivity index (χ4v) is 6.48. The Labute approximate surface area is 215 Å². The van der Waals surface area contributed by atoms with Crippen LogP contribution in [0, 0.1) is 0 Å². The Morgan fingerprint density at radius 2 is 1.14 bits per heavy atom. The zero-order valence-corrected chi connectivity index (χ0v) is 22.0. The molecule has 0 radical (unpaired) electrons. The Morgan fingerprint density at radius 3 is 1.91 bits per heavy atom. The fraction of sp³-hybridized carbons (Fsp3) is 0.353. The summed E-state index contributed by atoms with van der Waals surface area (Å²) in [6.45, 7) is 2.29. The highest BCUT2D eigenvalue weighted by Gasteiger charge is 2.08. The van der Waals surface area contributed by atoms with Crippen LogP contribution in [0.5, 0.6) is 0 Å². The first-order chi connectivity index (χ1) is 17.3. The third-order valence-corrected chi connectivity index (χ3v) is 8.66. The average Bonchev–Trinajstić information content (AvgIpc) is 3.38. The summed E-state index contributed by atoms with van der Waals surface area (Å²) >= 11 is 1.98. The number of thiophene rings is 1. The van der Waals surface area contributed by atoms with Gasteiger partial charge in [0.05, 0.1) is 0 Å². The molecule has 1 heteroatoms. The third kappa shape index (κ3) is 5.78. The Balaban J connectivity index is 1.19. The van der Waals surface area contributed by atoms with Crippen LogP contribution >= 0.6 is 11.3 Å². The highest BCUT2D eigenvalue weighted by molar-refractivity contribution is 7.15. The van der Waals surface area contributed by atoms with Crippen molar-refractivity contribution in [2.75, 3.05) is 0 Å². The van der Waals surface area contributed by atoms with Gasteiger partial charge in [-0.2, -0.15) is 0 Å². The van der Waals surface area contributed by atoms with Crippen LogP contribution in [0.3, 0.4) is 0 Å². The van der Waals surface area contributed by atoms with Crippen molar-refractivity contribution in [3.05, 3.63) is 83.7 Å². The summed E-state index contributed by atoms with van der Waals surface area (Å²) in [6, 6.07) is 29.5. The quantitative estimate of drug-likeness (QED) is 0.123. The number of hydrogen-bond acceptors (Lipinski definition) is 1. The van der Waals surface area contributed by atoms with Gasteiger partial charge in [0.1, 0.15) is 0 Å². The molecule has 1 aromatic heterocycles. The molecule has 0 aliphatic rings. The van der Waals surface area contributed by atoms with Crippen LogP contribution in [-0.4, -0.2) is 0 Å². The lowest BCUT2D eigenvalue weighted by Gasteiger charge is -2.09. The lowest BCUT2D eigenvalue weighted by Crippen LogP contribution is -1.84. The first-order valence-electron chi connectivity index (χ1n) is 13.8. The van der Waals surface area contributed by atoms with Gasteiger partial charge in [0.25, 0.3) is 0 Å². The van der Waals surface area contributed by atoms with Crippen LogP contribution in [0.2, 0.25) is 0 Å². The largest absolute Gasteiger partial charge is 0.140 e. The van der Waals surface area contributed by atoms with E-state index in [0.717, 1.165) is 0 Å². The molecule has 1 heterocycles. The van der Waals surface area contributed by atoms with Gasteiger partial charge in [-0.1, -0.05) is 125 Å². The van der Waals surface area contributed by atoms with Crippen molar-refractivity contribution >= 4 is 43.7 Å². The molecule has 4 aromatic carbocycles. The second-order valence-corrected chi connectivity index (χ2v) is 11.2. The molecule has 0 spiro atoms. The van der Waals surface area contributed by atoms with E-state index in [-0.39, 0.29) is 0 Å². The molecule has 0 nitrogen and oxygen atoms in total. The van der Waals surface area contributed by atoms with E-state index in [0.29, 0.717) is 0 Å². The second kappa shape index (κ2) is 11.9. The summed E-state index contributed by atoms with van der Waals surface area (Å²) in [5.74, 6) is 0. The monoisotopic (exact) mass is 478 g/mol. The van der Waals surface area contributed by atoms with Gasteiger partial charge in [0.2, 0.25) is 0 Å². The van der Waals surface area contributed by atoms with Gasteiger partial charge in [0, 0.05) is 9.75 Å². The lowest BCUT2D eigenvalue weighted by atomic mass is 9.96. The number of fused-ring (bicyclic) bond motifs is 5. The Kier molecular flexibility index (Phi) is 8.16. The summed E-state index contributed by atoms with van der Waals surface area (Å²) in [4.78, 5) is 2.93. The maximum Gasteiger partial charge on any atom is 0.0345 e. The van der Waals surface area contributed by atoms with E-state index in [1.54, 1.807) is 0 Å². The van der Waals surface area contributed by atoms with Crippen molar-refractivity contribution in [3.63, 3.8) is 0 Å². The van der Waals surface area contributed by atoms with Crippen molar-refractivity contribution in [1.82, 2.24) is 0 Å². The normalized spacial score (nSPS) is 11.7. The van der Waals surface area contributed by atoms with Crippen molar-refractivity contribution in [2.24, 2.45) is 0 Å². The highest BCUT2D eigenvalue weighted by atomic mass is 32.1. The zero-order chi connectivity index (χ0) is 23.9. The van der Waals surface area contributed by atoms with Crippen molar-refractivity contribution < 1.29 is 0 Å². The lowest BCUT2D eigenvalue weighted by molar-refractivity contribution is 0.557. The molecule has 0 aliphatic carbocycles. The fourth-order valence-electron chi connectivity index (χ4n) is 5.44. The van der Waals surface area contributed by atoms with E-state index in [1.165, 1.54) is 118 Å². The summed E-state index contributed by atoms with van der Waals surface area (Å²) in [5.41, 5.74) is 1.34. The minimum Gasteiger partial charge on any atom is -0.140 e. The number of hydrogen-bond donors (Lipinski definition) is 0. The predicted molar refractivity (Wildman–Crippen MR) is 158 cm³/mol. The Hall–Kier alpha value is -2.64. The summed E-state index contributed by atoms with van der Waals surface area (Å²) in [6.07, 6.45) is 15.3. The van der Waals surface area contributed by atoms with E-state index >= 15 is 0 Å². The van der Waals surface area contributed by atoms with Crippen LogP contribution in [0.1, 0.15) is 76.0 Å². The summed E-state index contributed by atoms with van der Waals surface area (Å²) < 4.78 is 0. The van der Waals surface area contributed by atoms with Gasteiger partial charge in [-0.15, -0.1) is 11.3 Å². The number of benzene rings is 4. The van der Waals surface area contributed by atoms with Crippen molar-refractivity contribution in [2.45, 2.75) is 77.6 Å². The minimum atomic E-state index is 1.23. The number of unbranched alkanes of at least 4 members (excludes halogenated alkanes) is 9. The van der Waals surface area contributed by atoms with Gasteiger partial charge >= 0.3 is 0 Å². The molecule has 0 unspecified atom stereocenters. The predicted octanol–water partition coefficient (Wildman–Crippen LogP) is 11.3. The zero-order valence-electron chi connectivity index (χ0n) is 21.2. The van der Waals surface area contributed by atoms with Gasteiger partial charge < -0.3 is 0 Å². The molecule has 180 valence electrons. The standard InChI is InChI=1S/C34H38S/c1-2-3-4-5-6-7-8-9-10-11-15-29-20-24-34(35-29)28-19-21-31-27(25-28)18-23-32-30-16-13-12-14-26(30)17-22-33(31)32/h12-14,16-25H,2-11,15H2,1H3. The minimum absolute atomic E-state index is 1.23. The van der Waals surface area contributed by atoms with Crippen LogP contribution in [0.25, 0.3) is 42.8 Å². The topological polar surface area (TPSA) is 0 Å². The molecule has 0 fully saturated rings. The molecule has 0 aliphatic heterocycles. The Bertz CT molecular complexity index is 1390. The molecule has 0 atom stereocenters. The maximum atomic E-state index is 2.38. The molecule has 5 aromatic rings. The van der Waals surface area contributed by atoms with Gasteiger partial charge in [-0.05, 0) is 68.9 Å². The van der Waals surface area contributed by atoms with E-state index in [1.807, 2.05) is 11.3 Å². The average molecular weight is 479 g/mol. The second-order valence-electron chi connectivity index (χ2n) is 10.1. The maximum absolute atomic E-state index is 2.38.